The number of thiazole rings is 1. The molecule has 0 bridgehead atoms. The lowest BCUT2D eigenvalue weighted by atomic mass is 10.3. The van der Waals surface area contributed by atoms with Gasteiger partial charge in [0.1, 0.15) is 5.75 Å². The molecule has 23 heavy (non-hydrogen) atoms. The van der Waals surface area contributed by atoms with Crippen molar-refractivity contribution in [1.29, 1.82) is 0 Å². The van der Waals surface area contributed by atoms with Crippen molar-refractivity contribution in [1.82, 2.24) is 10.4 Å². The summed E-state index contributed by atoms with van der Waals surface area (Å²) in [6.07, 6.45) is 1.28. The predicted octanol–water partition coefficient (Wildman–Crippen LogP) is 1.48. The molecule has 0 atom stereocenters. The van der Waals surface area contributed by atoms with Crippen molar-refractivity contribution in [2.75, 3.05) is 12.4 Å². The van der Waals surface area contributed by atoms with Gasteiger partial charge in [0.25, 0.3) is 0 Å². The molecule has 0 unspecified atom stereocenters. The number of nitrogens with zero attached hydrogens (tertiary/aromatic N) is 2. The second-order valence-electron chi connectivity index (χ2n) is 4.09. The Hall–Kier alpha value is -2.65. The van der Waals surface area contributed by atoms with Gasteiger partial charge in [0.2, 0.25) is 0 Å². The van der Waals surface area contributed by atoms with Gasteiger partial charge in [-0.05, 0) is 24.3 Å². The first-order valence-corrected chi connectivity index (χ1v) is 7.39. The number of rotatable bonds is 5. The van der Waals surface area contributed by atoms with E-state index < -0.39 is 11.8 Å². The molecule has 0 aliphatic carbocycles. The molecule has 0 aliphatic heterocycles. The van der Waals surface area contributed by atoms with Gasteiger partial charge in [-0.15, -0.1) is 0 Å². The van der Waals surface area contributed by atoms with Crippen molar-refractivity contribution < 1.29 is 14.3 Å². The highest BCUT2D eigenvalue weighted by molar-refractivity contribution is 7.17. The van der Waals surface area contributed by atoms with E-state index in [-0.39, 0.29) is 5.15 Å². The molecule has 1 heterocycles. The summed E-state index contributed by atoms with van der Waals surface area (Å²) in [6.45, 7) is 0. The molecule has 1 aromatic carbocycles. The molecular formula is C13H12ClN5O3S. The number of nitrogens with one attached hydrogen (secondary N) is 2. The van der Waals surface area contributed by atoms with Gasteiger partial charge in [-0.3, -0.25) is 9.59 Å². The summed E-state index contributed by atoms with van der Waals surface area (Å²) in [5.41, 5.74) is 7.55. The summed E-state index contributed by atoms with van der Waals surface area (Å²) in [7, 11) is 1.59. The predicted molar refractivity (Wildman–Crippen MR) is 88.3 cm³/mol. The molecule has 0 saturated heterocycles. The van der Waals surface area contributed by atoms with Crippen molar-refractivity contribution in [3.05, 3.63) is 34.3 Å². The zero-order valence-electron chi connectivity index (χ0n) is 11.9. The van der Waals surface area contributed by atoms with Gasteiger partial charge in [0.15, 0.2) is 10.3 Å². The summed E-state index contributed by atoms with van der Waals surface area (Å²) in [5, 5.41) is 7.42. The summed E-state index contributed by atoms with van der Waals surface area (Å²) in [4.78, 5) is 26.1. The molecule has 120 valence electrons. The van der Waals surface area contributed by atoms with Gasteiger partial charge in [-0.2, -0.15) is 5.10 Å². The molecule has 2 rings (SSSR count). The van der Waals surface area contributed by atoms with Crippen molar-refractivity contribution in [3.8, 4) is 5.75 Å². The van der Waals surface area contributed by atoms with Crippen LogP contribution in [0, 0.1) is 0 Å². The zero-order chi connectivity index (χ0) is 16.8. The van der Waals surface area contributed by atoms with Crippen LogP contribution >= 0.6 is 22.9 Å². The number of methoxy groups -OCH3 is 1. The highest BCUT2D eigenvalue weighted by atomic mass is 35.5. The average molecular weight is 354 g/mol. The van der Waals surface area contributed by atoms with Gasteiger partial charge < -0.3 is 15.8 Å². The lowest BCUT2D eigenvalue weighted by Crippen LogP contribution is -2.32. The van der Waals surface area contributed by atoms with E-state index in [4.69, 9.17) is 22.1 Å². The number of aromatic nitrogens is 1. The molecule has 2 amide bonds. The quantitative estimate of drug-likeness (QED) is 0.427. The monoisotopic (exact) mass is 353 g/mol. The van der Waals surface area contributed by atoms with Gasteiger partial charge in [0.05, 0.1) is 18.2 Å². The van der Waals surface area contributed by atoms with Crippen LogP contribution in [0.15, 0.2) is 29.4 Å². The van der Waals surface area contributed by atoms with Crippen LogP contribution in [0.1, 0.15) is 4.88 Å². The highest BCUT2D eigenvalue weighted by Crippen LogP contribution is 2.28. The number of primary amides is 1. The maximum atomic E-state index is 10.9. The fourth-order valence-corrected chi connectivity index (χ4v) is 2.50. The normalized spacial score (nSPS) is 10.5. The van der Waals surface area contributed by atoms with Crippen LogP contribution in [0.2, 0.25) is 5.15 Å². The summed E-state index contributed by atoms with van der Waals surface area (Å²) in [6, 6.07) is 7.27. The smallest absolute Gasteiger partial charge is 0.329 e. The highest BCUT2D eigenvalue weighted by Gasteiger charge is 2.09. The molecule has 2 aromatic rings. The Bertz CT molecular complexity index is 745. The standard InChI is InChI=1S/C13H12ClN5O3S/c1-22-8-4-2-7(3-5-8)17-13-18-10(14)9(23-13)6-16-19-12(21)11(15)20/h2-6H,1H3,(H2,15,20)(H,17,18)(H,19,21)/b16-6+. The van der Waals surface area contributed by atoms with Crippen LogP contribution < -0.4 is 21.2 Å². The zero-order valence-corrected chi connectivity index (χ0v) is 13.4. The van der Waals surface area contributed by atoms with E-state index in [0.717, 1.165) is 11.4 Å². The fourth-order valence-electron chi connectivity index (χ4n) is 1.45. The van der Waals surface area contributed by atoms with Crippen molar-refractivity contribution in [3.63, 3.8) is 0 Å². The third-order valence-corrected chi connectivity index (χ3v) is 3.83. The minimum absolute atomic E-state index is 0.211. The SMILES string of the molecule is COc1ccc(Nc2nc(Cl)c(/C=N/NC(=O)C(N)=O)s2)cc1. The third kappa shape index (κ3) is 4.66. The first-order valence-electron chi connectivity index (χ1n) is 6.20. The Balaban J connectivity index is 2.03. The van der Waals surface area contributed by atoms with Crippen LogP contribution in [0.4, 0.5) is 10.8 Å². The lowest BCUT2D eigenvalue weighted by Gasteiger charge is -2.03. The summed E-state index contributed by atoms with van der Waals surface area (Å²) < 4.78 is 5.08. The first-order chi connectivity index (χ1) is 11.0. The summed E-state index contributed by atoms with van der Waals surface area (Å²) in [5.74, 6) is -1.40. The number of carbonyl (C=O) groups excluding carboxylic acids is 2. The van der Waals surface area contributed by atoms with E-state index in [9.17, 15) is 9.59 Å². The number of benzene rings is 1. The molecule has 0 saturated carbocycles. The second-order valence-corrected chi connectivity index (χ2v) is 5.48. The summed E-state index contributed by atoms with van der Waals surface area (Å²) >= 11 is 7.20. The Labute approximate surface area is 140 Å². The number of anilines is 2. The van der Waals surface area contributed by atoms with Crippen LogP contribution in [-0.4, -0.2) is 30.1 Å². The third-order valence-electron chi connectivity index (χ3n) is 2.52. The van der Waals surface area contributed by atoms with Crippen LogP contribution in [0.5, 0.6) is 5.75 Å². The minimum atomic E-state index is -1.13. The fraction of sp³-hybridized carbons (Fsp3) is 0.0769. The van der Waals surface area contributed by atoms with Crippen LogP contribution in [-0.2, 0) is 9.59 Å². The van der Waals surface area contributed by atoms with Crippen molar-refractivity contribution in [2.24, 2.45) is 10.8 Å². The first kappa shape index (κ1) is 16.7. The van der Waals surface area contributed by atoms with Crippen molar-refractivity contribution >= 4 is 51.8 Å². The van der Waals surface area contributed by atoms with Gasteiger partial charge in [-0.1, -0.05) is 22.9 Å². The second kappa shape index (κ2) is 7.56. The molecule has 8 nitrogen and oxygen atoms in total. The Kier molecular flexibility index (Phi) is 5.50. The van der Waals surface area contributed by atoms with E-state index in [2.05, 4.69) is 15.4 Å². The molecule has 0 radical (unpaired) electrons. The maximum absolute atomic E-state index is 10.9. The Morgan fingerprint density at radius 2 is 2.09 bits per heavy atom. The van der Waals surface area contributed by atoms with Gasteiger partial charge in [0, 0.05) is 5.69 Å². The average Bonchev–Trinajstić information content (AvgIpc) is 2.87. The largest absolute Gasteiger partial charge is 0.497 e. The number of carbonyl (C=O) groups is 2. The van der Waals surface area contributed by atoms with Gasteiger partial charge >= 0.3 is 11.8 Å². The molecule has 10 heteroatoms. The van der Waals surface area contributed by atoms with E-state index >= 15 is 0 Å². The van der Waals surface area contributed by atoms with E-state index in [1.807, 2.05) is 17.6 Å². The van der Waals surface area contributed by atoms with Crippen molar-refractivity contribution in [2.45, 2.75) is 0 Å². The number of nitrogens with two attached hydrogens (primary N) is 1. The molecule has 1 aromatic heterocycles. The van der Waals surface area contributed by atoms with Crippen LogP contribution in [0.3, 0.4) is 0 Å². The van der Waals surface area contributed by atoms with Crippen LogP contribution in [0.25, 0.3) is 0 Å². The van der Waals surface area contributed by atoms with Gasteiger partial charge in [-0.25, -0.2) is 10.4 Å². The van der Waals surface area contributed by atoms with E-state index in [1.54, 1.807) is 19.2 Å². The molecule has 0 aliphatic rings. The molecule has 0 spiro atoms. The Morgan fingerprint density at radius 3 is 2.70 bits per heavy atom. The number of halogens is 1. The number of hydrogen-bond acceptors (Lipinski definition) is 7. The maximum Gasteiger partial charge on any atom is 0.329 e. The molecule has 0 fully saturated rings. The topological polar surface area (TPSA) is 119 Å². The molecular weight excluding hydrogens is 342 g/mol. The number of amides is 2. The van der Waals surface area contributed by atoms with E-state index in [0.29, 0.717) is 10.0 Å². The Morgan fingerprint density at radius 1 is 1.39 bits per heavy atom. The lowest BCUT2D eigenvalue weighted by molar-refractivity contribution is -0.137. The number of ether oxygens (including phenoxy) is 1. The van der Waals surface area contributed by atoms with E-state index in [1.165, 1.54) is 17.6 Å². The number of hydrazone groups is 1. The molecule has 4 N–H and O–H groups in total. The number of hydrogen-bond donors (Lipinski definition) is 3. The minimum Gasteiger partial charge on any atom is -0.497 e.